The number of hydrogen-bond donors (Lipinski definition) is 1. The molecular weight excluding hydrogens is 334 g/mol. The second-order valence-corrected chi connectivity index (χ2v) is 12.8. The van der Waals surface area contributed by atoms with Gasteiger partial charge in [-0.25, -0.2) is 9.97 Å². The van der Waals surface area contributed by atoms with Crippen molar-refractivity contribution in [2.45, 2.75) is 50.5 Å². The van der Waals surface area contributed by atoms with Gasteiger partial charge in [0.2, 0.25) is 0 Å². The van der Waals surface area contributed by atoms with Crippen molar-refractivity contribution in [1.29, 1.82) is 0 Å². The molecule has 0 amide bonds. The van der Waals surface area contributed by atoms with Gasteiger partial charge >= 0.3 is 0 Å². The minimum absolute atomic E-state index is 0.223. The Balaban J connectivity index is 2.13. The monoisotopic (exact) mass is 357 g/mol. The summed E-state index contributed by atoms with van der Waals surface area (Å²) in [6, 6.07) is 0. The normalized spacial score (nSPS) is 13.0. The van der Waals surface area contributed by atoms with E-state index in [0.29, 0.717) is 16.9 Å². The first kappa shape index (κ1) is 17.8. The Hall–Kier alpha value is -0.563. The van der Waals surface area contributed by atoms with Crippen molar-refractivity contribution >= 4 is 42.7 Å². The molecule has 122 valence electrons. The lowest BCUT2D eigenvalue weighted by molar-refractivity contribution is 0.292. The molecule has 0 aliphatic rings. The van der Waals surface area contributed by atoms with Crippen LogP contribution in [0.3, 0.4) is 0 Å². The van der Waals surface area contributed by atoms with E-state index in [9.17, 15) is 0 Å². The van der Waals surface area contributed by atoms with Crippen LogP contribution in [-0.4, -0.2) is 36.1 Å². The van der Waals surface area contributed by atoms with Crippen molar-refractivity contribution in [2.75, 3.05) is 12.9 Å². The Kier molecular flexibility index (Phi) is 5.26. The lowest BCUT2D eigenvalue weighted by Gasteiger charge is -2.36. The number of thioether (sulfide) groups is 1. The third-order valence-electron chi connectivity index (χ3n) is 4.37. The van der Waals surface area contributed by atoms with Crippen LogP contribution in [0.25, 0.3) is 11.0 Å². The van der Waals surface area contributed by atoms with Gasteiger partial charge < -0.3 is 9.41 Å². The quantitative estimate of drug-likeness (QED) is 0.358. The molecule has 0 spiro atoms. The largest absolute Gasteiger partial charge is 0.416 e. The van der Waals surface area contributed by atoms with Gasteiger partial charge in [-0.2, -0.15) is 0 Å². The standard InChI is InChI=1S/C15H24ClN3OSSi/c1-15(2,3)22(5,6)20-8-7-10-9-17-13-11(10)12(16)18-14(19-13)21-4/h9H,7-8H2,1-6H3,(H,17,18,19). The van der Waals surface area contributed by atoms with E-state index in [-0.39, 0.29) is 5.04 Å². The second kappa shape index (κ2) is 6.51. The molecule has 22 heavy (non-hydrogen) atoms. The first-order chi connectivity index (χ1) is 10.2. The molecule has 0 radical (unpaired) electrons. The average Bonchev–Trinajstić information content (AvgIpc) is 2.81. The molecule has 7 heteroatoms. The van der Waals surface area contributed by atoms with E-state index >= 15 is 0 Å². The average molecular weight is 358 g/mol. The first-order valence-electron chi connectivity index (χ1n) is 7.37. The van der Waals surface area contributed by atoms with E-state index in [1.807, 2.05) is 12.5 Å². The SMILES string of the molecule is CSc1nc(Cl)c2c(CCO[Si](C)(C)C(C)(C)C)c[nH]c2n1. The van der Waals surface area contributed by atoms with Crippen LogP contribution < -0.4 is 0 Å². The van der Waals surface area contributed by atoms with Gasteiger partial charge in [0.05, 0.1) is 5.39 Å². The van der Waals surface area contributed by atoms with Crippen LogP contribution in [0.15, 0.2) is 11.4 Å². The highest BCUT2D eigenvalue weighted by Gasteiger charge is 2.36. The maximum atomic E-state index is 6.31. The van der Waals surface area contributed by atoms with Crippen LogP contribution in [0, 0.1) is 0 Å². The zero-order chi connectivity index (χ0) is 16.5. The molecule has 2 aromatic rings. The molecule has 0 aromatic carbocycles. The zero-order valence-electron chi connectivity index (χ0n) is 14.1. The first-order valence-corrected chi connectivity index (χ1v) is 11.9. The molecule has 0 atom stereocenters. The van der Waals surface area contributed by atoms with Crippen LogP contribution in [-0.2, 0) is 10.8 Å². The molecule has 0 saturated carbocycles. The number of aromatic amines is 1. The number of nitrogens with zero attached hydrogens (tertiary/aromatic N) is 2. The predicted molar refractivity (Wildman–Crippen MR) is 97.5 cm³/mol. The fourth-order valence-electron chi connectivity index (χ4n) is 1.95. The molecule has 1 N–H and O–H groups in total. The summed E-state index contributed by atoms with van der Waals surface area (Å²) in [6.07, 6.45) is 4.72. The molecular formula is C15H24ClN3OSSi. The van der Waals surface area contributed by atoms with Crippen molar-refractivity contribution in [3.05, 3.63) is 16.9 Å². The van der Waals surface area contributed by atoms with E-state index in [1.54, 1.807) is 0 Å². The van der Waals surface area contributed by atoms with Crippen LogP contribution >= 0.6 is 23.4 Å². The lowest BCUT2D eigenvalue weighted by atomic mass is 10.2. The zero-order valence-corrected chi connectivity index (χ0v) is 16.7. The highest BCUT2D eigenvalue weighted by molar-refractivity contribution is 7.98. The van der Waals surface area contributed by atoms with Crippen molar-refractivity contribution in [1.82, 2.24) is 15.0 Å². The fraction of sp³-hybridized carbons (Fsp3) is 0.600. The molecule has 0 bridgehead atoms. The number of halogens is 1. The van der Waals surface area contributed by atoms with E-state index in [1.165, 1.54) is 11.8 Å². The van der Waals surface area contributed by atoms with Gasteiger partial charge in [0.15, 0.2) is 13.5 Å². The summed E-state index contributed by atoms with van der Waals surface area (Å²) < 4.78 is 6.24. The molecule has 0 aliphatic carbocycles. The highest BCUT2D eigenvalue weighted by Crippen LogP contribution is 2.36. The molecule has 2 heterocycles. The molecule has 0 aliphatic heterocycles. The number of hydrogen-bond acceptors (Lipinski definition) is 4. The number of H-pyrrole nitrogens is 1. The van der Waals surface area contributed by atoms with Crippen LogP contribution in [0.2, 0.25) is 23.3 Å². The van der Waals surface area contributed by atoms with E-state index in [0.717, 1.165) is 23.0 Å². The van der Waals surface area contributed by atoms with E-state index in [4.69, 9.17) is 16.0 Å². The Morgan fingerprint density at radius 3 is 2.59 bits per heavy atom. The summed E-state index contributed by atoms with van der Waals surface area (Å²) in [4.78, 5) is 12.0. The summed E-state index contributed by atoms with van der Waals surface area (Å²) in [6.45, 7) is 12.0. The smallest absolute Gasteiger partial charge is 0.191 e. The molecule has 4 nitrogen and oxygen atoms in total. The predicted octanol–water partition coefficient (Wildman–Crippen LogP) is 4.90. The summed E-state index contributed by atoms with van der Waals surface area (Å²) >= 11 is 7.80. The fourth-order valence-corrected chi connectivity index (χ4v) is 3.70. The summed E-state index contributed by atoms with van der Waals surface area (Å²) in [7, 11) is -1.71. The number of aromatic nitrogens is 3. The maximum Gasteiger partial charge on any atom is 0.191 e. The third kappa shape index (κ3) is 3.67. The van der Waals surface area contributed by atoms with Gasteiger partial charge in [-0.05, 0) is 36.4 Å². The van der Waals surface area contributed by atoms with Gasteiger partial charge in [0.1, 0.15) is 10.8 Å². The number of nitrogens with one attached hydrogen (secondary N) is 1. The molecule has 0 unspecified atom stereocenters. The summed E-state index contributed by atoms with van der Waals surface area (Å²) in [5, 5.41) is 2.33. The third-order valence-corrected chi connectivity index (χ3v) is 9.73. The van der Waals surface area contributed by atoms with Crippen molar-refractivity contribution < 1.29 is 4.43 Å². The van der Waals surface area contributed by atoms with Gasteiger partial charge in [-0.1, -0.05) is 44.1 Å². The Morgan fingerprint density at radius 2 is 2.00 bits per heavy atom. The summed E-state index contributed by atoms with van der Waals surface area (Å²) in [5.74, 6) is 0. The minimum Gasteiger partial charge on any atom is -0.416 e. The lowest BCUT2D eigenvalue weighted by Crippen LogP contribution is -2.41. The molecule has 0 fully saturated rings. The Morgan fingerprint density at radius 1 is 1.32 bits per heavy atom. The van der Waals surface area contributed by atoms with Gasteiger partial charge in [-0.3, -0.25) is 0 Å². The van der Waals surface area contributed by atoms with Crippen LogP contribution in [0.4, 0.5) is 0 Å². The van der Waals surface area contributed by atoms with Gasteiger partial charge in [-0.15, -0.1) is 0 Å². The van der Waals surface area contributed by atoms with E-state index in [2.05, 4.69) is 48.8 Å². The topological polar surface area (TPSA) is 50.8 Å². The van der Waals surface area contributed by atoms with Crippen molar-refractivity contribution in [3.8, 4) is 0 Å². The van der Waals surface area contributed by atoms with Gasteiger partial charge in [0.25, 0.3) is 0 Å². The van der Waals surface area contributed by atoms with Crippen LogP contribution in [0.5, 0.6) is 0 Å². The maximum absolute atomic E-state index is 6.31. The molecule has 2 rings (SSSR count). The number of rotatable bonds is 5. The molecule has 0 saturated heterocycles. The minimum atomic E-state index is -1.71. The molecule has 2 aromatic heterocycles. The van der Waals surface area contributed by atoms with Crippen LogP contribution in [0.1, 0.15) is 26.3 Å². The highest BCUT2D eigenvalue weighted by atomic mass is 35.5. The Labute approximate surface area is 142 Å². The second-order valence-electron chi connectivity index (χ2n) is 6.90. The van der Waals surface area contributed by atoms with Gasteiger partial charge in [0, 0.05) is 12.8 Å². The number of fused-ring (bicyclic) bond motifs is 1. The van der Waals surface area contributed by atoms with E-state index < -0.39 is 8.32 Å². The Bertz CT molecular complexity index is 667. The van der Waals surface area contributed by atoms with Crippen molar-refractivity contribution in [3.63, 3.8) is 0 Å². The van der Waals surface area contributed by atoms with Crippen molar-refractivity contribution in [2.24, 2.45) is 0 Å². The summed E-state index contributed by atoms with van der Waals surface area (Å²) in [5.41, 5.74) is 1.91.